The fourth-order valence-corrected chi connectivity index (χ4v) is 3.21. The van der Waals surface area contributed by atoms with Crippen molar-refractivity contribution >= 4 is 0 Å². The van der Waals surface area contributed by atoms with Gasteiger partial charge >= 0.3 is 0 Å². The Labute approximate surface area is 131 Å². The fourth-order valence-electron chi connectivity index (χ4n) is 3.21. The van der Waals surface area contributed by atoms with Crippen LogP contribution in [0.2, 0.25) is 0 Å². The van der Waals surface area contributed by atoms with E-state index in [-0.39, 0.29) is 48.5 Å². The highest BCUT2D eigenvalue weighted by molar-refractivity contribution is 5.06. The molecule has 0 aromatic heterocycles. The largest absolute Gasteiger partial charge is 0.390 e. The van der Waals surface area contributed by atoms with Gasteiger partial charge in [0.05, 0.1) is 39.5 Å². The Hall–Kier alpha value is -0.840. The Morgan fingerprint density at radius 2 is 0.909 bits per heavy atom. The third-order valence-electron chi connectivity index (χ3n) is 4.35. The molecule has 0 unspecified atom stereocenters. The first-order valence-corrected chi connectivity index (χ1v) is 7.59. The van der Waals surface area contributed by atoms with Crippen LogP contribution in [0.1, 0.15) is 0 Å². The van der Waals surface area contributed by atoms with E-state index in [1.165, 1.54) is 0 Å². The molecule has 1 rings (SSSR count). The van der Waals surface area contributed by atoms with Crippen LogP contribution in [0.25, 0.3) is 0 Å². The first kappa shape index (κ1) is 19.2. The Morgan fingerprint density at radius 1 is 0.636 bits per heavy atom. The average Bonchev–Trinajstić information content (AvgIpc) is 2.50. The third kappa shape index (κ3) is 3.73. The Kier molecular flexibility index (Phi) is 7.60. The van der Waals surface area contributed by atoms with Crippen LogP contribution in [0, 0.1) is 0 Å². The van der Waals surface area contributed by atoms with Crippen molar-refractivity contribution < 1.29 is 29.4 Å². The summed E-state index contributed by atoms with van der Waals surface area (Å²) >= 11 is 0. The summed E-state index contributed by atoms with van der Waals surface area (Å²) in [5, 5.41) is 37.6. The average molecular weight is 318 g/mol. The Bertz CT molecular complexity index is 362. The second-order valence-corrected chi connectivity index (χ2v) is 5.51. The highest BCUT2D eigenvalue weighted by atomic mass is 16.3. The molecule has 0 saturated carbocycles. The van der Waals surface area contributed by atoms with Gasteiger partial charge in [0.2, 0.25) is 0 Å². The molecule has 0 aliphatic carbocycles. The number of nitrogens with two attached hydrogens (primary N) is 2. The summed E-state index contributed by atoms with van der Waals surface area (Å²) in [5.74, 6) is 0. The minimum Gasteiger partial charge on any atom is -0.390 e. The predicted octanol–water partition coefficient (Wildman–Crippen LogP) is -2.80. The molecule has 0 spiro atoms. The van der Waals surface area contributed by atoms with E-state index in [1.54, 1.807) is 0 Å². The predicted molar refractivity (Wildman–Crippen MR) is 82.6 cm³/mol. The van der Waals surface area contributed by atoms with E-state index in [2.05, 4.69) is 0 Å². The summed E-state index contributed by atoms with van der Waals surface area (Å²) in [4.78, 5) is 0. The highest BCUT2D eigenvalue weighted by Crippen LogP contribution is 2.32. The third-order valence-corrected chi connectivity index (χ3v) is 4.35. The lowest BCUT2D eigenvalue weighted by Crippen LogP contribution is -2.58. The first-order valence-electron chi connectivity index (χ1n) is 7.59. The van der Waals surface area contributed by atoms with Gasteiger partial charge in [0.25, 0.3) is 0 Å². The highest BCUT2D eigenvalue weighted by Gasteiger charge is 2.44. The number of aliphatic hydroxyl groups excluding tert-OH is 4. The summed E-state index contributed by atoms with van der Waals surface area (Å²) < 4.78 is 0.514. The van der Waals surface area contributed by atoms with Gasteiger partial charge < -0.3 is 31.9 Å². The lowest BCUT2D eigenvalue weighted by atomic mass is 10.1. The zero-order valence-electron chi connectivity index (χ0n) is 13.1. The zero-order valence-corrected chi connectivity index (χ0v) is 13.1. The number of aliphatic hydroxyl groups is 4. The molecule has 0 aromatic carbocycles. The minimum atomic E-state index is -0.0499. The summed E-state index contributed by atoms with van der Waals surface area (Å²) in [6, 6.07) is 0. The molecule has 0 bridgehead atoms. The maximum Gasteiger partial charge on any atom is 0.181 e. The van der Waals surface area contributed by atoms with Crippen LogP contribution in [0.3, 0.4) is 0 Å². The quantitative estimate of drug-likeness (QED) is 0.241. The molecule has 0 radical (unpaired) electrons. The summed E-state index contributed by atoms with van der Waals surface area (Å²) in [7, 11) is 0. The maximum absolute atomic E-state index is 9.41. The van der Waals surface area contributed by atoms with E-state index < -0.39 is 0 Å². The Balaban J connectivity index is 3.39. The van der Waals surface area contributed by atoms with Crippen LogP contribution >= 0.6 is 0 Å². The normalized spacial score (nSPS) is 19.7. The van der Waals surface area contributed by atoms with E-state index >= 15 is 0 Å². The van der Waals surface area contributed by atoms with Gasteiger partial charge in [0.1, 0.15) is 26.2 Å². The molecule has 22 heavy (non-hydrogen) atoms. The Morgan fingerprint density at radius 3 is 1.09 bits per heavy atom. The van der Waals surface area contributed by atoms with Gasteiger partial charge in [-0.1, -0.05) is 0 Å². The van der Waals surface area contributed by atoms with E-state index in [4.69, 9.17) is 11.5 Å². The molecule has 128 valence electrons. The van der Waals surface area contributed by atoms with Crippen LogP contribution in [-0.2, 0) is 0 Å². The van der Waals surface area contributed by atoms with Gasteiger partial charge in [-0.2, -0.15) is 0 Å². The number of quaternary nitrogens is 2. The van der Waals surface area contributed by atoms with Gasteiger partial charge in [-0.15, -0.1) is 0 Å². The molecular weight excluding hydrogens is 288 g/mol. The molecule has 8 heteroatoms. The van der Waals surface area contributed by atoms with Gasteiger partial charge in [-0.25, -0.2) is 0 Å². The van der Waals surface area contributed by atoms with E-state index in [0.29, 0.717) is 26.2 Å². The monoisotopic (exact) mass is 318 g/mol. The van der Waals surface area contributed by atoms with Crippen LogP contribution in [0.5, 0.6) is 0 Å². The van der Waals surface area contributed by atoms with Crippen molar-refractivity contribution in [1.29, 1.82) is 0 Å². The van der Waals surface area contributed by atoms with E-state index in [1.807, 2.05) is 12.4 Å². The topological polar surface area (TPSA) is 133 Å². The van der Waals surface area contributed by atoms with Gasteiger partial charge in [0.15, 0.2) is 23.8 Å². The van der Waals surface area contributed by atoms with Crippen LogP contribution in [0.15, 0.2) is 23.8 Å². The lowest BCUT2D eigenvalue weighted by Gasteiger charge is -2.44. The second-order valence-electron chi connectivity index (χ2n) is 5.51. The van der Waals surface area contributed by atoms with Crippen LogP contribution < -0.4 is 11.5 Å². The van der Waals surface area contributed by atoms with Crippen molar-refractivity contribution in [3.05, 3.63) is 23.8 Å². The van der Waals surface area contributed by atoms with Gasteiger partial charge in [-0.05, 0) is 0 Å². The molecule has 8 nitrogen and oxygen atoms in total. The van der Waals surface area contributed by atoms with E-state index in [9.17, 15) is 20.4 Å². The first-order chi connectivity index (χ1) is 10.6. The van der Waals surface area contributed by atoms with Crippen LogP contribution in [-0.4, -0.2) is 95.1 Å². The number of nitrogens with zero attached hydrogens (tertiary/aromatic N) is 2. The molecule has 1 aliphatic rings. The summed E-state index contributed by atoms with van der Waals surface area (Å²) in [6.45, 7) is 1.89. The summed E-state index contributed by atoms with van der Waals surface area (Å²) in [5.41, 5.74) is 13.5. The van der Waals surface area contributed by atoms with Crippen LogP contribution in [0.4, 0.5) is 0 Å². The SMILES string of the molecule is NCC1=C[N+](CCO)(CCO)C(CN)=C[N+]1(CCO)CCO. The molecule has 0 atom stereocenters. The van der Waals surface area contributed by atoms with Crippen molar-refractivity contribution in [2.75, 3.05) is 65.7 Å². The van der Waals surface area contributed by atoms with Crippen molar-refractivity contribution in [2.24, 2.45) is 11.5 Å². The minimum absolute atomic E-state index is 0.0499. The standard InChI is InChI=1S/C14H30N4O4/c15-9-13-12-18(3-7-21,4-8-22)14(10-16)11-17(13,1-5-19)2-6-20/h11-12,19-22H,1-10,15-16H2/q+2. The molecule has 0 aromatic rings. The fraction of sp³-hybridized carbons (Fsp3) is 0.714. The molecule has 0 fully saturated rings. The zero-order chi connectivity index (χ0) is 16.6. The van der Waals surface area contributed by atoms with Crippen molar-refractivity contribution in [3.8, 4) is 0 Å². The summed E-state index contributed by atoms with van der Waals surface area (Å²) in [6.07, 6.45) is 3.83. The molecule has 1 aliphatic heterocycles. The lowest BCUT2D eigenvalue weighted by molar-refractivity contribution is -0.902. The molecule has 0 amide bonds. The van der Waals surface area contributed by atoms with Crippen molar-refractivity contribution in [1.82, 2.24) is 0 Å². The molecule has 0 saturated heterocycles. The number of hydrogen-bond acceptors (Lipinski definition) is 6. The number of hydrogen-bond donors (Lipinski definition) is 6. The van der Waals surface area contributed by atoms with Crippen molar-refractivity contribution in [3.63, 3.8) is 0 Å². The smallest absolute Gasteiger partial charge is 0.181 e. The molecule has 1 heterocycles. The van der Waals surface area contributed by atoms with Gasteiger partial charge in [0, 0.05) is 0 Å². The van der Waals surface area contributed by atoms with Gasteiger partial charge in [-0.3, -0.25) is 8.97 Å². The molecular formula is C14H30N4O4+2. The number of rotatable bonds is 10. The van der Waals surface area contributed by atoms with E-state index in [0.717, 1.165) is 11.4 Å². The van der Waals surface area contributed by atoms with Crippen molar-refractivity contribution in [2.45, 2.75) is 0 Å². The second kappa shape index (κ2) is 8.70. The maximum atomic E-state index is 9.41. The molecule has 8 N–H and O–H groups in total.